The molecule has 0 spiro atoms. The van der Waals surface area contributed by atoms with Crippen molar-refractivity contribution in [2.75, 3.05) is 0 Å². The van der Waals surface area contributed by atoms with Crippen LogP contribution in [0.2, 0.25) is 0 Å². The summed E-state index contributed by atoms with van der Waals surface area (Å²) in [7, 11) is 9.81. The van der Waals surface area contributed by atoms with Crippen molar-refractivity contribution in [1.29, 1.82) is 0 Å². The number of pyridine rings is 4. The van der Waals surface area contributed by atoms with Crippen LogP contribution in [-0.4, -0.2) is 19.9 Å². The summed E-state index contributed by atoms with van der Waals surface area (Å²) >= 11 is -0.639. The summed E-state index contributed by atoms with van der Waals surface area (Å²) in [6.45, 7) is 0. The number of aromatic nitrogens is 4. The van der Waals surface area contributed by atoms with Crippen LogP contribution in [0, 0.1) is 0 Å². The van der Waals surface area contributed by atoms with Crippen molar-refractivity contribution in [2.45, 2.75) is 0 Å². The Balaban J connectivity index is 0.000000133. The van der Waals surface area contributed by atoms with E-state index in [2.05, 4.69) is 68.5 Å². The average Bonchev–Trinajstić information content (AvgIpc) is 2.85. The van der Waals surface area contributed by atoms with E-state index in [1.54, 1.807) is 24.8 Å². The van der Waals surface area contributed by atoms with Gasteiger partial charge in [0.15, 0.2) is 0 Å². The molecule has 31 heavy (non-hydrogen) atoms. The third-order valence-corrected chi connectivity index (χ3v) is 4.69. The molecule has 4 heterocycles. The van der Waals surface area contributed by atoms with Gasteiger partial charge < -0.3 is 0 Å². The Bertz CT molecular complexity index is 1240. The molecule has 0 unspecified atom stereocenters. The summed E-state index contributed by atoms with van der Waals surface area (Å²) in [6.07, 6.45) is 7.21. The summed E-state index contributed by atoms with van der Waals surface area (Å²) in [5.74, 6) is 0. The van der Waals surface area contributed by atoms with Gasteiger partial charge in [0.1, 0.15) is 0 Å². The largest absolute Gasteiger partial charge is 0.254 e. The van der Waals surface area contributed by atoms with E-state index in [-0.39, 0.29) is 0 Å². The molecule has 2 aromatic carbocycles. The second-order valence-corrected chi connectivity index (χ2v) is 10.2. The van der Waals surface area contributed by atoms with Crippen molar-refractivity contribution in [3.63, 3.8) is 0 Å². The molecule has 6 rings (SSSR count). The van der Waals surface area contributed by atoms with E-state index in [9.17, 15) is 0 Å². The minimum atomic E-state index is -0.639. The first-order valence-electron chi connectivity index (χ1n) is 9.34. The first-order chi connectivity index (χ1) is 15.3. The van der Waals surface area contributed by atoms with Gasteiger partial charge in [-0.2, -0.15) is 0 Å². The first kappa shape index (κ1) is 21.5. The molecule has 0 radical (unpaired) electrons. The Hall–Kier alpha value is -2.70. The van der Waals surface area contributed by atoms with Crippen LogP contribution < -0.4 is 0 Å². The molecule has 0 aliphatic rings. The monoisotopic (exact) mass is 622 g/mol. The molecule has 7 heteroatoms. The molecule has 0 N–H and O–H groups in total. The quantitative estimate of drug-likeness (QED) is 0.173. The molecule has 4 aromatic heterocycles. The smallest absolute Gasteiger partial charge is 0.0964 e. The van der Waals surface area contributed by atoms with Gasteiger partial charge in [-0.25, -0.2) is 0 Å². The fraction of sp³-hybridized carbons (Fsp3) is 0. The minimum absolute atomic E-state index is 0.639. The van der Waals surface area contributed by atoms with Gasteiger partial charge in [0.2, 0.25) is 0 Å². The van der Waals surface area contributed by atoms with E-state index in [0.29, 0.717) is 0 Å². The molecule has 154 valence electrons. The third-order valence-electron chi connectivity index (χ3n) is 4.69. The summed E-state index contributed by atoms with van der Waals surface area (Å²) in [5.41, 5.74) is 3.91. The van der Waals surface area contributed by atoms with E-state index in [1.807, 2.05) is 24.3 Å². The predicted molar refractivity (Wildman–Crippen MR) is 126 cm³/mol. The van der Waals surface area contributed by atoms with Crippen molar-refractivity contribution in [2.24, 2.45) is 0 Å². The molecular formula is C24H16Cl2N4Os. The summed E-state index contributed by atoms with van der Waals surface area (Å²) in [6, 6.07) is 24.3. The molecular weight excluding hydrogens is 605 g/mol. The second-order valence-electron chi connectivity index (χ2n) is 6.48. The van der Waals surface area contributed by atoms with Crippen molar-refractivity contribution in [3.05, 3.63) is 97.6 Å². The third kappa shape index (κ3) is 4.97. The zero-order valence-corrected chi connectivity index (χ0v) is 20.2. The van der Waals surface area contributed by atoms with Crippen LogP contribution in [-0.2, 0) is 15.4 Å². The van der Waals surface area contributed by atoms with E-state index in [4.69, 9.17) is 19.3 Å². The number of halogens is 2. The maximum absolute atomic E-state index is 4.90. The molecule has 0 saturated heterocycles. The SMILES string of the molecule is [Cl][Os][Cl].c1cnc2c(c1)ccc1cccnc12.c1cnc2c(c1)ccc1cccnc12. The maximum Gasteiger partial charge on any atom is 0.0964 e. The van der Waals surface area contributed by atoms with Crippen LogP contribution in [0.15, 0.2) is 97.6 Å². The predicted octanol–water partition coefficient (Wildman–Crippen LogP) is 6.94. The Morgan fingerprint density at radius 3 is 0.871 bits per heavy atom. The minimum Gasteiger partial charge on any atom is -0.254 e. The summed E-state index contributed by atoms with van der Waals surface area (Å²) < 4.78 is 0. The molecule has 0 saturated carbocycles. The fourth-order valence-electron chi connectivity index (χ4n) is 3.36. The van der Waals surface area contributed by atoms with E-state index in [0.717, 1.165) is 43.6 Å². The van der Waals surface area contributed by atoms with Crippen molar-refractivity contribution >= 4 is 62.9 Å². The van der Waals surface area contributed by atoms with Gasteiger partial charge in [0, 0.05) is 46.3 Å². The van der Waals surface area contributed by atoms with Crippen LogP contribution in [0.5, 0.6) is 0 Å². The zero-order chi connectivity index (χ0) is 21.5. The van der Waals surface area contributed by atoms with Gasteiger partial charge in [-0.3, -0.25) is 19.9 Å². The molecule has 0 fully saturated rings. The number of fused-ring (bicyclic) bond motifs is 6. The summed E-state index contributed by atoms with van der Waals surface area (Å²) in [4.78, 5) is 17.4. The molecule has 0 aliphatic carbocycles. The van der Waals surface area contributed by atoms with Crippen molar-refractivity contribution < 1.29 is 15.4 Å². The van der Waals surface area contributed by atoms with E-state index >= 15 is 0 Å². The molecule has 0 bridgehead atoms. The Morgan fingerprint density at radius 1 is 0.419 bits per heavy atom. The van der Waals surface area contributed by atoms with Gasteiger partial charge in [0.05, 0.1) is 22.1 Å². The zero-order valence-electron chi connectivity index (χ0n) is 16.1. The molecule has 0 aliphatic heterocycles. The van der Waals surface area contributed by atoms with Gasteiger partial charge in [-0.05, 0) is 24.3 Å². The van der Waals surface area contributed by atoms with Crippen LogP contribution in [0.1, 0.15) is 0 Å². The van der Waals surface area contributed by atoms with Crippen LogP contribution in [0.25, 0.3) is 43.6 Å². The normalized spacial score (nSPS) is 10.5. The fourth-order valence-corrected chi connectivity index (χ4v) is 3.36. The van der Waals surface area contributed by atoms with Gasteiger partial charge in [0.25, 0.3) is 0 Å². The first-order valence-corrected chi connectivity index (χ1v) is 15.6. The Labute approximate surface area is 195 Å². The molecule has 0 atom stereocenters. The number of hydrogen-bond acceptors (Lipinski definition) is 4. The van der Waals surface area contributed by atoms with Gasteiger partial charge in [-0.15, -0.1) is 0 Å². The summed E-state index contributed by atoms with van der Waals surface area (Å²) in [5, 5.41) is 4.55. The maximum atomic E-state index is 4.90. The van der Waals surface area contributed by atoms with Crippen molar-refractivity contribution in [1.82, 2.24) is 19.9 Å². The van der Waals surface area contributed by atoms with E-state index in [1.165, 1.54) is 0 Å². The van der Waals surface area contributed by atoms with Gasteiger partial charge >= 0.3 is 34.7 Å². The topological polar surface area (TPSA) is 51.6 Å². The van der Waals surface area contributed by atoms with Crippen LogP contribution in [0.3, 0.4) is 0 Å². The number of benzene rings is 2. The average molecular weight is 622 g/mol. The van der Waals surface area contributed by atoms with Gasteiger partial charge in [-0.1, -0.05) is 48.5 Å². The standard InChI is InChI=1S/2C12H8N2.2ClH.Os/c2*1-3-9-5-6-10-4-2-8-14-12(10)11(9)13-7-1;;;/h2*1-8H;2*1H;/q;;;;+2/p-2. The molecule has 0 amide bonds. The van der Waals surface area contributed by atoms with Crippen LogP contribution >= 0.6 is 19.3 Å². The second kappa shape index (κ2) is 10.6. The number of hydrogen-bond donors (Lipinski definition) is 0. The number of nitrogens with zero attached hydrogens (tertiary/aromatic N) is 4. The van der Waals surface area contributed by atoms with Crippen LogP contribution in [0.4, 0.5) is 0 Å². The Morgan fingerprint density at radius 2 is 0.645 bits per heavy atom. The van der Waals surface area contributed by atoms with Crippen molar-refractivity contribution in [3.8, 4) is 0 Å². The van der Waals surface area contributed by atoms with E-state index < -0.39 is 15.4 Å². The Kier molecular flexibility index (Phi) is 7.33. The molecule has 6 aromatic rings. The molecule has 4 nitrogen and oxygen atoms in total. The number of rotatable bonds is 0.